The normalized spacial score (nSPS) is 17.7. The van der Waals surface area contributed by atoms with E-state index in [0.717, 1.165) is 4.88 Å². The Morgan fingerprint density at radius 3 is 2.63 bits per heavy atom. The van der Waals surface area contributed by atoms with Gasteiger partial charge in [-0.2, -0.15) is 13.2 Å². The highest BCUT2D eigenvalue weighted by molar-refractivity contribution is 7.18. The first-order chi connectivity index (χ1) is 8.81. The predicted octanol–water partition coefficient (Wildman–Crippen LogP) is 4.16. The molecule has 0 aromatic carbocycles. The largest absolute Gasteiger partial charge is 0.411 e. The Bertz CT molecular complexity index is 648. The number of hydrogen-bond acceptors (Lipinski definition) is 4. The summed E-state index contributed by atoms with van der Waals surface area (Å²) in [7, 11) is 0. The van der Waals surface area contributed by atoms with Gasteiger partial charge in [0.05, 0.1) is 5.39 Å². The fourth-order valence-corrected chi connectivity index (χ4v) is 3.04. The molecular formula is C11H9ClF3N3S. The van der Waals surface area contributed by atoms with Crippen molar-refractivity contribution in [2.45, 2.75) is 31.5 Å². The van der Waals surface area contributed by atoms with Crippen LogP contribution in [0, 0.1) is 6.92 Å². The van der Waals surface area contributed by atoms with Crippen LogP contribution in [-0.4, -0.2) is 21.7 Å². The minimum atomic E-state index is -4.29. The molecule has 0 amide bonds. The third-order valence-electron chi connectivity index (χ3n) is 3.14. The Morgan fingerprint density at radius 2 is 2.05 bits per heavy atom. The Morgan fingerprint density at radius 1 is 1.37 bits per heavy atom. The maximum atomic E-state index is 13.0. The van der Waals surface area contributed by atoms with E-state index < -0.39 is 11.7 Å². The fraction of sp³-hybridized carbons (Fsp3) is 0.455. The summed E-state index contributed by atoms with van der Waals surface area (Å²) in [5.74, 6) is 0.161. The Kier molecular flexibility index (Phi) is 2.69. The van der Waals surface area contributed by atoms with Gasteiger partial charge in [0.15, 0.2) is 0 Å². The maximum Gasteiger partial charge on any atom is 0.411 e. The van der Waals surface area contributed by atoms with Crippen LogP contribution in [0.15, 0.2) is 6.07 Å². The van der Waals surface area contributed by atoms with Crippen LogP contribution in [0.1, 0.15) is 17.7 Å². The number of anilines is 1. The number of aryl methyl sites for hydroxylation is 1. The first-order valence-electron chi connectivity index (χ1n) is 5.59. The quantitative estimate of drug-likeness (QED) is 0.847. The first-order valence-corrected chi connectivity index (χ1v) is 6.79. The van der Waals surface area contributed by atoms with Crippen molar-refractivity contribution in [3.63, 3.8) is 0 Å². The average Bonchev–Trinajstić information content (AvgIpc) is 2.95. The minimum absolute atomic E-state index is 0.0465. The van der Waals surface area contributed by atoms with Crippen LogP contribution in [0.5, 0.6) is 0 Å². The summed E-state index contributed by atoms with van der Waals surface area (Å²) in [6, 6.07) is 1.77. The number of halogens is 4. The van der Waals surface area contributed by atoms with Crippen molar-refractivity contribution >= 4 is 39.0 Å². The zero-order valence-electron chi connectivity index (χ0n) is 9.81. The van der Waals surface area contributed by atoms with Crippen LogP contribution in [0.3, 0.4) is 0 Å². The van der Waals surface area contributed by atoms with Gasteiger partial charge in [-0.1, -0.05) is 0 Å². The predicted molar refractivity (Wildman–Crippen MR) is 68.8 cm³/mol. The molecule has 3 nitrogen and oxygen atoms in total. The van der Waals surface area contributed by atoms with E-state index in [2.05, 4.69) is 15.3 Å². The van der Waals surface area contributed by atoms with Gasteiger partial charge in [0.25, 0.3) is 0 Å². The molecule has 0 aliphatic heterocycles. The molecule has 0 bridgehead atoms. The van der Waals surface area contributed by atoms with Crippen molar-refractivity contribution in [3.8, 4) is 0 Å². The smallest absolute Gasteiger partial charge is 0.356 e. The molecule has 102 valence electrons. The number of nitrogens with zero attached hydrogens (tertiary/aromatic N) is 2. The third-order valence-corrected chi connectivity index (χ3v) is 4.25. The molecule has 0 spiro atoms. The second kappa shape index (κ2) is 3.96. The van der Waals surface area contributed by atoms with Crippen LogP contribution < -0.4 is 5.32 Å². The molecule has 2 aromatic rings. The van der Waals surface area contributed by atoms with Gasteiger partial charge in [0.2, 0.25) is 5.28 Å². The van der Waals surface area contributed by atoms with Gasteiger partial charge >= 0.3 is 6.18 Å². The van der Waals surface area contributed by atoms with E-state index in [-0.39, 0.29) is 23.9 Å². The van der Waals surface area contributed by atoms with Crippen molar-refractivity contribution in [3.05, 3.63) is 16.2 Å². The zero-order valence-corrected chi connectivity index (χ0v) is 11.4. The second-order valence-corrected chi connectivity index (χ2v) is 6.19. The van der Waals surface area contributed by atoms with Gasteiger partial charge in [0, 0.05) is 4.88 Å². The number of aromatic nitrogens is 2. The monoisotopic (exact) mass is 307 g/mol. The molecule has 0 unspecified atom stereocenters. The van der Waals surface area contributed by atoms with Crippen molar-refractivity contribution in [2.24, 2.45) is 0 Å². The highest BCUT2D eigenvalue weighted by atomic mass is 35.5. The number of alkyl halides is 3. The first kappa shape index (κ1) is 12.9. The molecule has 0 radical (unpaired) electrons. The van der Waals surface area contributed by atoms with Crippen molar-refractivity contribution in [1.29, 1.82) is 0 Å². The van der Waals surface area contributed by atoms with E-state index in [4.69, 9.17) is 11.6 Å². The lowest BCUT2D eigenvalue weighted by atomic mass is 10.2. The molecule has 1 N–H and O–H groups in total. The lowest BCUT2D eigenvalue weighted by Crippen LogP contribution is -2.39. The van der Waals surface area contributed by atoms with Crippen LogP contribution in [0.25, 0.3) is 10.2 Å². The molecule has 1 fully saturated rings. The van der Waals surface area contributed by atoms with Gasteiger partial charge in [-0.05, 0) is 37.4 Å². The molecule has 8 heteroatoms. The van der Waals surface area contributed by atoms with Crippen molar-refractivity contribution in [2.75, 3.05) is 5.32 Å². The Hall–Kier alpha value is -1.08. The second-order valence-electron chi connectivity index (χ2n) is 4.62. The molecule has 1 aliphatic carbocycles. The van der Waals surface area contributed by atoms with E-state index in [1.165, 1.54) is 11.3 Å². The molecule has 0 atom stereocenters. The lowest BCUT2D eigenvalue weighted by Gasteiger charge is -2.21. The molecule has 19 heavy (non-hydrogen) atoms. The van der Waals surface area contributed by atoms with E-state index in [1.807, 2.05) is 6.92 Å². The molecule has 1 saturated carbocycles. The summed E-state index contributed by atoms with van der Waals surface area (Å²) in [6.07, 6.45) is -4.17. The Balaban J connectivity index is 2.06. The highest BCUT2D eigenvalue weighted by Gasteiger charge is 2.63. The fourth-order valence-electron chi connectivity index (χ4n) is 1.94. The summed E-state index contributed by atoms with van der Waals surface area (Å²) in [5, 5.41) is 3.05. The third kappa shape index (κ3) is 2.14. The molecule has 3 rings (SSSR count). The molecule has 2 heterocycles. The van der Waals surface area contributed by atoms with E-state index in [0.29, 0.717) is 10.2 Å². The molecule has 0 saturated heterocycles. The van der Waals surface area contributed by atoms with Gasteiger partial charge in [-0.25, -0.2) is 9.97 Å². The van der Waals surface area contributed by atoms with Crippen LogP contribution >= 0.6 is 22.9 Å². The van der Waals surface area contributed by atoms with E-state index in [1.54, 1.807) is 6.07 Å². The van der Waals surface area contributed by atoms with Gasteiger partial charge in [-0.3, -0.25) is 0 Å². The molecule has 1 aliphatic rings. The highest BCUT2D eigenvalue weighted by Crippen LogP contribution is 2.51. The summed E-state index contributed by atoms with van der Waals surface area (Å²) in [5.41, 5.74) is -1.85. The number of thiophene rings is 1. The van der Waals surface area contributed by atoms with Crippen LogP contribution in [-0.2, 0) is 0 Å². The molecular weight excluding hydrogens is 299 g/mol. The van der Waals surface area contributed by atoms with Crippen LogP contribution in [0.4, 0.5) is 19.0 Å². The SMILES string of the molecule is Cc1cc2c(NC3(C(F)(F)F)CC3)nc(Cl)nc2s1. The summed E-state index contributed by atoms with van der Waals surface area (Å²) in [4.78, 5) is 9.47. The summed E-state index contributed by atoms with van der Waals surface area (Å²) in [6.45, 7) is 1.86. The van der Waals surface area contributed by atoms with E-state index in [9.17, 15) is 13.2 Å². The maximum absolute atomic E-state index is 13.0. The average molecular weight is 308 g/mol. The van der Waals surface area contributed by atoms with Gasteiger partial charge in [-0.15, -0.1) is 11.3 Å². The summed E-state index contributed by atoms with van der Waals surface area (Å²) >= 11 is 7.14. The van der Waals surface area contributed by atoms with Gasteiger partial charge < -0.3 is 5.32 Å². The van der Waals surface area contributed by atoms with Crippen LogP contribution in [0.2, 0.25) is 5.28 Å². The zero-order chi connectivity index (χ0) is 13.8. The number of hydrogen-bond donors (Lipinski definition) is 1. The minimum Gasteiger partial charge on any atom is -0.356 e. The van der Waals surface area contributed by atoms with E-state index >= 15 is 0 Å². The topological polar surface area (TPSA) is 37.8 Å². The number of fused-ring (bicyclic) bond motifs is 1. The van der Waals surface area contributed by atoms with Crippen molar-refractivity contribution in [1.82, 2.24) is 9.97 Å². The Labute approximate surface area is 115 Å². The summed E-state index contributed by atoms with van der Waals surface area (Å²) < 4.78 is 38.9. The standard InChI is InChI=1S/C11H9ClF3N3S/c1-5-4-6-7(16-9(12)17-8(6)19-5)18-10(2-3-10)11(13,14)15/h4H,2-3H2,1H3,(H,16,17,18). The van der Waals surface area contributed by atoms with Crippen molar-refractivity contribution < 1.29 is 13.2 Å². The van der Waals surface area contributed by atoms with Gasteiger partial charge in [0.1, 0.15) is 16.2 Å². The molecule has 2 aromatic heterocycles. The number of nitrogens with one attached hydrogen (secondary N) is 1. The number of rotatable bonds is 2. The lowest BCUT2D eigenvalue weighted by molar-refractivity contribution is -0.151.